The summed E-state index contributed by atoms with van der Waals surface area (Å²) in [7, 11) is 0. The van der Waals surface area contributed by atoms with Crippen LogP contribution >= 0.6 is 15.9 Å². The number of nitrogens with two attached hydrogens (primary N) is 1. The van der Waals surface area contributed by atoms with E-state index in [1.807, 2.05) is 20.8 Å². The van der Waals surface area contributed by atoms with Crippen LogP contribution in [0.2, 0.25) is 0 Å². The van der Waals surface area contributed by atoms with Crippen LogP contribution in [0.25, 0.3) is 0 Å². The average Bonchev–Trinajstić information content (AvgIpc) is 2.14. The van der Waals surface area contributed by atoms with Crippen LogP contribution in [0.5, 0.6) is 0 Å². The monoisotopic (exact) mass is 309 g/mol. The van der Waals surface area contributed by atoms with E-state index in [4.69, 9.17) is 5.73 Å². The summed E-state index contributed by atoms with van der Waals surface area (Å²) in [6.45, 7) is 5.69. The SMILES string of the molecule is CC(C)(C)C(N)c1ccc(Br)c(C(F)(F)F)c1. The Kier molecular flexibility index (Phi) is 3.94. The van der Waals surface area contributed by atoms with E-state index in [-0.39, 0.29) is 9.89 Å². The van der Waals surface area contributed by atoms with Crippen LogP contribution in [0.3, 0.4) is 0 Å². The second kappa shape index (κ2) is 4.61. The molecule has 2 N–H and O–H groups in total. The Morgan fingerprint density at radius 3 is 2.12 bits per heavy atom. The molecule has 0 aliphatic carbocycles. The molecule has 1 aromatic rings. The molecule has 0 spiro atoms. The fraction of sp³-hybridized carbons (Fsp3) is 0.500. The fourth-order valence-electron chi connectivity index (χ4n) is 1.45. The molecule has 0 heterocycles. The zero-order valence-corrected chi connectivity index (χ0v) is 11.5. The van der Waals surface area contributed by atoms with Crippen LogP contribution in [0, 0.1) is 5.41 Å². The number of rotatable bonds is 1. The Labute approximate surface area is 107 Å². The van der Waals surface area contributed by atoms with Crippen molar-refractivity contribution in [1.82, 2.24) is 0 Å². The first kappa shape index (κ1) is 14.5. The number of alkyl halides is 3. The molecular formula is C12H15BrF3N. The fourth-order valence-corrected chi connectivity index (χ4v) is 1.92. The Balaban J connectivity index is 3.23. The van der Waals surface area contributed by atoms with Crippen LogP contribution in [-0.2, 0) is 6.18 Å². The molecule has 0 saturated carbocycles. The molecular weight excluding hydrogens is 295 g/mol. The third-order valence-corrected chi connectivity index (χ3v) is 3.28. The van der Waals surface area contributed by atoms with Crippen molar-refractivity contribution in [2.24, 2.45) is 11.1 Å². The van der Waals surface area contributed by atoms with Crippen LogP contribution < -0.4 is 5.73 Å². The third kappa shape index (κ3) is 3.45. The van der Waals surface area contributed by atoms with Gasteiger partial charge in [-0.1, -0.05) is 42.8 Å². The summed E-state index contributed by atoms with van der Waals surface area (Å²) >= 11 is 2.90. The van der Waals surface area contributed by atoms with Crippen molar-refractivity contribution in [3.63, 3.8) is 0 Å². The van der Waals surface area contributed by atoms with Gasteiger partial charge in [-0.05, 0) is 23.1 Å². The molecule has 1 aromatic carbocycles. The summed E-state index contributed by atoms with van der Waals surface area (Å²) in [6.07, 6.45) is -4.37. The first-order chi connectivity index (χ1) is 7.53. The number of hydrogen-bond acceptors (Lipinski definition) is 1. The topological polar surface area (TPSA) is 26.0 Å². The summed E-state index contributed by atoms with van der Waals surface area (Å²) in [5.74, 6) is 0. The van der Waals surface area contributed by atoms with Crippen molar-refractivity contribution in [2.45, 2.75) is 33.0 Å². The Hall–Kier alpha value is -0.550. The van der Waals surface area contributed by atoms with Crippen LogP contribution in [-0.4, -0.2) is 0 Å². The second-order valence-corrected chi connectivity index (χ2v) is 5.94. The highest BCUT2D eigenvalue weighted by atomic mass is 79.9. The predicted octanol–water partition coefficient (Wildman–Crippen LogP) is 4.51. The number of benzene rings is 1. The molecule has 0 aromatic heterocycles. The predicted molar refractivity (Wildman–Crippen MR) is 65.5 cm³/mol. The van der Waals surface area contributed by atoms with Crippen LogP contribution in [0.4, 0.5) is 13.2 Å². The Morgan fingerprint density at radius 2 is 1.71 bits per heavy atom. The molecule has 0 bridgehead atoms. The highest BCUT2D eigenvalue weighted by Gasteiger charge is 2.34. The molecule has 0 aliphatic heterocycles. The van der Waals surface area contributed by atoms with Gasteiger partial charge in [0.1, 0.15) is 0 Å². The first-order valence-corrected chi connectivity index (χ1v) is 5.95. The molecule has 0 amide bonds. The molecule has 17 heavy (non-hydrogen) atoms. The van der Waals surface area contributed by atoms with Gasteiger partial charge in [-0.3, -0.25) is 0 Å². The molecule has 0 saturated heterocycles. The van der Waals surface area contributed by atoms with Crippen molar-refractivity contribution >= 4 is 15.9 Å². The summed E-state index contributed by atoms with van der Waals surface area (Å²) in [6, 6.07) is 3.69. The molecule has 0 aliphatic rings. The average molecular weight is 310 g/mol. The molecule has 0 fully saturated rings. The Bertz CT molecular complexity index is 407. The standard InChI is InChI=1S/C12H15BrF3N/c1-11(2,3)10(17)7-4-5-9(13)8(6-7)12(14,15)16/h4-6,10H,17H2,1-3H3. The normalized spacial score (nSPS) is 14.8. The van der Waals surface area contributed by atoms with Gasteiger partial charge in [0.2, 0.25) is 0 Å². The molecule has 96 valence electrons. The maximum absolute atomic E-state index is 12.7. The zero-order valence-electron chi connectivity index (χ0n) is 9.90. The quantitative estimate of drug-likeness (QED) is 0.811. The lowest BCUT2D eigenvalue weighted by Gasteiger charge is -2.28. The van der Waals surface area contributed by atoms with Gasteiger partial charge < -0.3 is 5.73 Å². The lowest BCUT2D eigenvalue weighted by Crippen LogP contribution is -2.26. The van der Waals surface area contributed by atoms with Gasteiger partial charge in [-0.2, -0.15) is 13.2 Å². The van der Waals surface area contributed by atoms with Crippen molar-refractivity contribution in [3.8, 4) is 0 Å². The van der Waals surface area contributed by atoms with Crippen molar-refractivity contribution < 1.29 is 13.2 Å². The van der Waals surface area contributed by atoms with E-state index >= 15 is 0 Å². The number of hydrogen-bond donors (Lipinski definition) is 1. The molecule has 1 unspecified atom stereocenters. The van der Waals surface area contributed by atoms with Gasteiger partial charge in [-0.15, -0.1) is 0 Å². The van der Waals surface area contributed by atoms with Crippen LogP contribution in [0.15, 0.2) is 22.7 Å². The van der Waals surface area contributed by atoms with E-state index in [2.05, 4.69) is 15.9 Å². The van der Waals surface area contributed by atoms with E-state index in [0.717, 1.165) is 6.07 Å². The maximum atomic E-state index is 12.7. The van der Waals surface area contributed by atoms with E-state index in [1.165, 1.54) is 6.07 Å². The van der Waals surface area contributed by atoms with Gasteiger partial charge in [-0.25, -0.2) is 0 Å². The van der Waals surface area contributed by atoms with E-state index in [0.29, 0.717) is 5.56 Å². The van der Waals surface area contributed by atoms with Crippen molar-refractivity contribution in [2.75, 3.05) is 0 Å². The van der Waals surface area contributed by atoms with Gasteiger partial charge in [0, 0.05) is 10.5 Å². The van der Waals surface area contributed by atoms with Gasteiger partial charge in [0.15, 0.2) is 0 Å². The highest BCUT2D eigenvalue weighted by Crippen LogP contribution is 2.38. The third-order valence-electron chi connectivity index (χ3n) is 2.59. The minimum Gasteiger partial charge on any atom is -0.324 e. The summed E-state index contributed by atoms with van der Waals surface area (Å²) in [5, 5.41) is 0. The van der Waals surface area contributed by atoms with Crippen LogP contribution in [0.1, 0.15) is 37.9 Å². The summed E-state index contributed by atoms with van der Waals surface area (Å²) in [5.41, 5.74) is 5.48. The molecule has 0 radical (unpaired) electrons. The highest BCUT2D eigenvalue weighted by molar-refractivity contribution is 9.10. The van der Waals surface area contributed by atoms with E-state index in [1.54, 1.807) is 6.07 Å². The summed E-state index contributed by atoms with van der Waals surface area (Å²) < 4.78 is 38.2. The molecule has 1 nitrogen and oxygen atoms in total. The van der Waals surface area contributed by atoms with Gasteiger partial charge in [0.05, 0.1) is 5.56 Å². The molecule has 1 atom stereocenters. The summed E-state index contributed by atoms with van der Waals surface area (Å²) in [4.78, 5) is 0. The minimum absolute atomic E-state index is 0.0369. The molecule has 5 heteroatoms. The smallest absolute Gasteiger partial charge is 0.324 e. The lowest BCUT2D eigenvalue weighted by molar-refractivity contribution is -0.138. The maximum Gasteiger partial charge on any atom is 0.417 e. The van der Waals surface area contributed by atoms with E-state index in [9.17, 15) is 13.2 Å². The molecule has 1 rings (SSSR count). The van der Waals surface area contributed by atoms with Gasteiger partial charge >= 0.3 is 6.18 Å². The van der Waals surface area contributed by atoms with Gasteiger partial charge in [0.25, 0.3) is 0 Å². The second-order valence-electron chi connectivity index (χ2n) is 5.08. The largest absolute Gasteiger partial charge is 0.417 e. The lowest BCUT2D eigenvalue weighted by atomic mass is 9.83. The van der Waals surface area contributed by atoms with Crippen molar-refractivity contribution in [3.05, 3.63) is 33.8 Å². The zero-order chi connectivity index (χ0) is 13.4. The first-order valence-electron chi connectivity index (χ1n) is 5.15. The van der Waals surface area contributed by atoms with Crippen molar-refractivity contribution in [1.29, 1.82) is 0 Å². The van der Waals surface area contributed by atoms with E-state index < -0.39 is 17.8 Å². The Morgan fingerprint density at radius 1 is 1.18 bits per heavy atom. The minimum atomic E-state index is -4.37. The number of halogens is 4.